The molecule has 8 heteroatoms. The van der Waals surface area contributed by atoms with Gasteiger partial charge in [0.05, 0.1) is 0 Å². The maximum atomic E-state index is 14.3. The molecule has 1 N–H and O–H groups in total. The third kappa shape index (κ3) is 4.13. The Balaban J connectivity index is 2.23. The quantitative estimate of drug-likeness (QED) is 0.740. The van der Waals surface area contributed by atoms with Crippen LogP contribution in [-0.2, 0) is 9.53 Å². The van der Waals surface area contributed by atoms with Crippen LogP contribution < -0.4 is 13.8 Å². The van der Waals surface area contributed by atoms with Crippen LogP contribution in [0.1, 0.15) is 6.92 Å². The van der Waals surface area contributed by atoms with E-state index in [0.717, 1.165) is 0 Å². The molecule has 0 aliphatic carbocycles. The van der Waals surface area contributed by atoms with E-state index in [2.05, 4.69) is 5.32 Å². The second kappa shape index (κ2) is 6.62. The van der Waals surface area contributed by atoms with Gasteiger partial charge in [-0.3, -0.25) is 0 Å². The van der Waals surface area contributed by atoms with Gasteiger partial charge in [0.15, 0.2) is 0 Å². The van der Waals surface area contributed by atoms with E-state index in [1.165, 1.54) is 24.0 Å². The topological polar surface area (TPSA) is 58.6 Å². The molecule has 0 aromatic heterocycles. The van der Waals surface area contributed by atoms with Gasteiger partial charge in [-0.2, -0.15) is 0 Å². The number of cyclic esters (lactones) is 1. The normalized spacial score (nSPS) is 18.1. The third-order valence-electron chi connectivity index (χ3n) is 3.54. The number of rotatable bonds is 4. The molecule has 5 nitrogen and oxygen atoms in total. The number of nitrogens with zero attached hydrogens (tertiary/aromatic N) is 1. The van der Waals surface area contributed by atoms with Crippen LogP contribution in [0.2, 0.25) is 14.8 Å². The Kier molecular flexibility index (Phi) is 5.17. The molecule has 126 valence electrons. The van der Waals surface area contributed by atoms with Gasteiger partial charge >= 0.3 is 138 Å². The average Bonchev–Trinajstić information content (AvgIpc) is 2.75. The van der Waals surface area contributed by atoms with Crippen LogP contribution in [-0.4, -0.2) is 49.6 Å². The van der Waals surface area contributed by atoms with Crippen LogP contribution in [0, 0.1) is 11.6 Å². The van der Waals surface area contributed by atoms with Crippen molar-refractivity contribution in [3.8, 4) is 0 Å². The zero-order valence-corrected chi connectivity index (χ0v) is 16.4. The first-order valence-corrected chi connectivity index (χ1v) is 17.3. The van der Waals surface area contributed by atoms with E-state index < -0.39 is 42.2 Å². The molecule has 1 fully saturated rings. The summed E-state index contributed by atoms with van der Waals surface area (Å²) in [6, 6.07) is 2.37. The average molecular weight is 433 g/mol. The summed E-state index contributed by atoms with van der Waals surface area (Å²) in [4.78, 5) is 29.7. The first kappa shape index (κ1) is 18.0. The van der Waals surface area contributed by atoms with E-state index in [9.17, 15) is 18.4 Å². The Morgan fingerprint density at radius 1 is 1.35 bits per heavy atom. The first-order valence-electron chi connectivity index (χ1n) is 7.31. The molecule has 1 saturated heterocycles. The van der Waals surface area contributed by atoms with Crippen molar-refractivity contribution >= 4 is 39.6 Å². The first-order chi connectivity index (χ1) is 10.6. The van der Waals surface area contributed by atoms with Crippen LogP contribution in [0.15, 0.2) is 12.1 Å². The second-order valence-corrected chi connectivity index (χ2v) is 20.9. The third-order valence-corrected chi connectivity index (χ3v) is 9.19. The molecular formula is C15H20F2N2O3Sn. The molecule has 1 aliphatic rings. The van der Waals surface area contributed by atoms with Gasteiger partial charge in [0.1, 0.15) is 0 Å². The van der Waals surface area contributed by atoms with Crippen molar-refractivity contribution in [2.75, 3.05) is 18.0 Å². The van der Waals surface area contributed by atoms with E-state index >= 15 is 0 Å². The van der Waals surface area contributed by atoms with Crippen molar-refractivity contribution in [1.29, 1.82) is 0 Å². The molecule has 0 spiro atoms. The second-order valence-electron chi connectivity index (χ2n) is 6.59. The van der Waals surface area contributed by atoms with Crippen molar-refractivity contribution in [3.63, 3.8) is 0 Å². The van der Waals surface area contributed by atoms with Crippen LogP contribution in [0.3, 0.4) is 0 Å². The number of halogens is 2. The van der Waals surface area contributed by atoms with E-state index in [1.54, 1.807) is 0 Å². The summed E-state index contributed by atoms with van der Waals surface area (Å²) in [6.07, 6.45) is -1.22. The van der Waals surface area contributed by atoms with Crippen molar-refractivity contribution < 1.29 is 23.1 Å². The Morgan fingerprint density at radius 3 is 2.39 bits per heavy atom. The van der Waals surface area contributed by atoms with Gasteiger partial charge < -0.3 is 0 Å². The SMILES string of the molecule is CC(=O)NCC1CN(c2cc(F)[c]([Sn]([CH3])([CH3])[CH3])c(F)c2)C(=O)O1. The number of carbonyl (C=O) groups is 2. The number of amides is 2. The molecule has 1 unspecified atom stereocenters. The van der Waals surface area contributed by atoms with Gasteiger partial charge in [-0.25, -0.2) is 0 Å². The summed E-state index contributed by atoms with van der Waals surface area (Å²) in [5.41, 5.74) is 0.134. The number of hydrogen-bond donors (Lipinski definition) is 1. The molecule has 1 aromatic carbocycles. The molecule has 0 bridgehead atoms. The van der Waals surface area contributed by atoms with E-state index in [0.29, 0.717) is 0 Å². The van der Waals surface area contributed by atoms with E-state index in [1.807, 2.05) is 14.8 Å². The molecule has 2 rings (SSSR count). The van der Waals surface area contributed by atoms with Gasteiger partial charge in [0, 0.05) is 0 Å². The van der Waals surface area contributed by atoms with Crippen molar-refractivity contribution in [2.45, 2.75) is 27.8 Å². The van der Waals surface area contributed by atoms with Crippen LogP contribution >= 0.6 is 0 Å². The predicted octanol–water partition coefficient (Wildman–Crippen LogP) is 1.97. The minimum atomic E-state index is -2.93. The van der Waals surface area contributed by atoms with Gasteiger partial charge in [-0.1, -0.05) is 0 Å². The molecule has 23 heavy (non-hydrogen) atoms. The Hall–Kier alpha value is -1.38. The maximum absolute atomic E-state index is 14.3. The standard InChI is InChI=1S/C12H11F2N2O3.3CH3.Sn/c1-7(17)15-5-11-6-16(12(18)19-11)10-3-8(13)2-9(14)4-10;;;;/h3-4,11H,5-6H2,1H3,(H,15,17);3*1H3;. The fraction of sp³-hybridized carbons (Fsp3) is 0.467. The molecule has 2 amide bonds. The van der Waals surface area contributed by atoms with Gasteiger partial charge in [0.25, 0.3) is 0 Å². The summed E-state index contributed by atoms with van der Waals surface area (Å²) < 4.78 is 33.9. The van der Waals surface area contributed by atoms with Crippen molar-refractivity contribution in [3.05, 3.63) is 23.8 Å². The summed E-state index contributed by atoms with van der Waals surface area (Å²) in [5, 5.41) is 2.55. The van der Waals surface area contributed by atoms with Gasteiger partial charge in [0.2, 0.25) is 0 Å². The summed E-state index contributed by atoms with van der Waals surface area (Å²) >= 11 is -2.93. The van der Waals surface area contributed by atoms with Gasteiger partial charge in [-0.05, 0) is 0 Å². The Morgan fingerprint density at radius 2 is 1.91 bits per heavy atom. The monoisotopic (exact) mass is 434 g/mol. The fourth-order valence-electron chi connectivity index (χ4n) is 2.53. The number of ether oxygens (including phenoxy) is 1. The summed E-state index contributed by atoms with van der Waals surface area (Å²) in [7, 11) is 0. The minimum absolute atomic E-state index is 0.134. The molecule has 1 atom stereocenters. The number of carbonyl (C=O) groups excluding carboxylic acids is 2. The molecule has 0 saturated carbocycles. The fourth-order valence-corrected chi connectivity index (χ4v) is 7.03. The number of hydrogen-bond acceptors (Lipinski definition) is 3. The Labute approximate surface area is 137 Å². The number of anilines is 1. The predicted molar refractivity (Wildman–Crippen MR) is 85.6 cm³/mol. The molecule has 1 aromatic rings. The number of nitrogens with one attached hydrogen (secondary N) is 1. The summed E-state index contributed by atoms with van der Waals surface area (Å²) in [5.74, 6) is -1.46. The molecule has 0 radical (unpaired) electrons. The van der Waals surface area contributed by atoms with Crippen molar-refractivity contribution in [2.24, 2.45) is 0 Å². The van der Waals surface area contributed by atoms with E-state index in [-0.39, 0.29) is 28.3 Å². The zero-order valence-electron chi connectivity index (χ0n) is 13.6. The van der Waals surface area contributed by atoms with Crippen LogP contribution in [0.5, 0.6) is 0 Å². The summed E-state index contributed by atoms with van der Waals surface area (Å²) in [6.45, 7) is 1.66. The van der Waals surface area contributed by atoms with Crippen LogP contribution in [0.4, 0.5) is 19.3 Å². The van der Waals surface area contributed by atoms with E-state index in [4.69, 9.17) is 4.74 Å². The molecular weight excluding hydrogens is 413 g/mol. The number of benzene rings is 1. The van der Waals surface area contributed by atoms with Crippen LogP contribution in [0.25, 0.3) is 0 Å². The zero-order chi connectivity index (χ0) is 17.4. The van der Waals surface area contributed by atoms with Gasteiger partial charge in [-0.15, -0.1) is 0 Å². The molecule has 1 aliphatic heterocycles. The molecule has 1 heterocycles. The Bertz CT molecular complexity index is 623. The van der Waals surface area contributed by atoms with Crippen molar-refractivity contribution in [1.82, 2.24) is 5.32 Å².